The van der Waals surface area contributed by atoms with Gasteiger partial charge in [-0.05, 0) is 18.6 Å². The van der Waals surface area contributed by atoms with Gasteiger partial charge < -0.3 is 19.9 Å². The maximum absolute atomic E-state index is 11.2. The average molecular weight is 281 g/mol. The molecule has 5 heteroatoms. The van der Waals surface area contributed by atoms with Gasteiger partial charge in [0.2, 0.25) is 5.91 Å². The van der Waals surface area contributed by atoms with Crippen molar-refractivity contribution in [2.24, 2.45) is 0 Å². The maximum Gasteiger partial charge on any atom is 0.224 e. The molecule has 2 rings (SSSR count). The zero-order chi connectivity index (χ0) is 15.0. The number of nitrogens with one attached hydrogen (secondary N) is 1. The molecule has 1 aromatic rings. The van der Waals surface area contributed by atoms with Gasteiger partial charge in [-0.3, -0.25) is 4.79 Å². The van der Waals surface area contributed by atoms with Gasteiger partial charge in [0.25, 0.3) is 0 Å². The third kappa shape index (κ3) is 4.51. The monoisotopic (exact) mass is 281 g/mol. The van der Waals surface area contributed by atoms with Crippen LogP contribution >= 0.6 is 0 Å². The Morgan fingerprint density at radius 1 is 1.35 bits per heavy atom. The average Bonchev–Trinajstić information content (AvgIpc) is 2.52. The molecule has 112 valence electrons. The molecule has 1 fully saturated rings. The Kier molecular flexibility index (Phi) is 7.04. The van der Waals surface area contributed by atoms with E-state index in [4.69, 9.17) is 9.47 Å². The van der Waals surface area contributed by atoms with Crippen molar-refractivity contribution in [1.82, 2.24) is 0 Å². The fourth-order valence-electron chi connectivity index (χ4n) is 1.72. The van der Waals surface area contributed by atoms with E-state index in [-0.39, 0.29) is 11.7 Å². The molecule has 20 heavy (non-hydrogen) atoms. The van der Waals surface area contributed by atoms with Gasteiger partial charge in [-0.1, -0.05) is 26.8 Å². The predicted octanol–water partition coefficient (Wildman–Crippen LogP) is 3.20. The Morgan fingerprint density at radius 3 is 2.55 bits per heavy atom. The molecule has 2 N–H and O–H groups in total. The molecule has 1 amide bonds. The normalized spacial score (nSPS) is 15.2. The zero-order valence-corrected chi connectivity index (χ0v) is 12.3. The molecule has 5 nitrogen and oxygen atoms in total. The highest BCUT2D eigenvalue weighted by Crippen LogP contribution is 2.30. The molecule has 1 heterocycles. The lowest BCUT2D eigenvalue weighted by atomic mass is 10.1. The van der Waals surface area contributed by atoms with Crippen molar-refractivity contribution in [3.8, 4) is 5.75 Å². The number of ether oxygens (including phenoxy) is 2. The van der Waals surface area contributed by atoms with E-state index >= 15 is 0 Å². The summed E-state index contributed by atoms with van der Waals surface area (Å²) in [6, 6.07) is 4.99. The van der Waals surface area contributed by atoms with E-state index in [2.05, 4.69) is 5.32 Å². The molecule has 0 unspecified atom stereocenters. The number of phenolic OH excluding ortho intramolecular Hbond substituents is 1. The minimum Gasteiger partial charge on any atom is -0.506 e. The van der Waals surface area contributed by atoms with Gasteiger partial charge in [0.1, 0.15) is 5.75 Å². The highest BCUT2D eigenvalue weighted by molar-refractivity contribution is 5.91. The van der Waals surface area contributed by atoms with Gasteiger partial charge in [0, 0.05) is 12.0 Å². The lowest BCUT2D eigenvalue weighted by molar-refractivity contribution is -0.183. The lowest BCUT2D eigenvalue weighted by Gasteiger charge is -2.23. The second kappa shape index (κ2) is 8.55. The van der Waals surface area contributed by atoms with Crippen LogP contribution in [0.2, 0.25) is 0 Å². The first-order chi connectivity index (χ1) is 9.70. The first-order valence-electron chi connectivity index (χ1n) is 7.06. The number of phenols is 1. The summed E-state index contributed by atoms with van der Waals surface area (Å²) in [6.07, 6.45) is 0.823. The Morgan fingerprint density at radius 2 is 2.00 bits per heavy atom. The smallest absolute Gasteiger partial charge is 0.224 e. The molecule has 0 bridgehead atoms. The number of benzene rings is 1. The molecule has 0 aliphatic carbocycles. The zero-order valence-electron chi connectivity index (χ0n) is 12.3. The van der Waals surface area contributed by atoms with Crippen LogP contribution in [0.3, 0.4) is 0 Å². The van der Waals surface area contributed by atoms with Crippen molar-refractivity contribution in [3.05, 3.63) is 23.8 Å². The number of hydrogen-bond acceptors (Lipinski definition) is 4. The van der Waals surface area contributed by atoms with E-state index < -0.39 is 6.29 Å². The summed E-state index contributed by atoms with van der Waals surface area (Å²) in [5.41, 5.74) is 1.16. The van der Waals surface area contributed by atoms with Crippen LogP contribution in [0.15, 0.2) is 18.2 Å². The maximum atomic E-state index is 11.2. The summed E-state index contributed by atoms with van der Waals surface area (Å²) in [5.74, 6) is -0.115. The summed E-state index contributed by atoms with van der Waals surface area (Å²) in [4.78, 5) is 11.2. The molecular weight excluding hydrogens is 258 g/mol. The number of carbonyl (C=O) groups is 1. The third-order valence-corrected chi connectivity index (χ3v) is 2.72. The quantitative estimate of drug-likeness (QED) is 0.835. The Balaban J connectivity index is 0.000000956. The molecule has 0 spiro atoms. The van der Waals surface area contributed by atoms with Crippen LogP contribution in [0.1, 0.15) is 45.5 Å². The summed E-state index contributed by atoms with van der Waals surface area (Å²) >= 11 is 0. The second-order valence-electron chi connectivity index (χ2n) is 4.11. The van der Waals surface area contributed by atoms with Crippen LogP contribution in [0, 0.1) is 0 Å². The standard InChI is InChI=1S/C13H17NO4.C2H6/c1-2-12(16)14-10-5-4-9(8-11(10)15)13-17-6-3-7-18-13;1-2/h4-5,8,13,15H,2-3,6-7H2,1H3,(H,14,16);1-2H3. The largest absolute Gasteiger partial charge is 0.506 e. The van der Waals surface area contributed by atoms with Crippen LogP contribution in [0.4, 0.5) is 5.69 Å². The van der Waals surface area contributed by atoms with E-state index in [0.717, 1.165) is 12.0 Å². The molecule has 0 saturated carbocycles. The first kappa shape index (κ1) is 16.5. The fraction of sp³-hybridized carbons (Fsp3) is 0.533. The van der Waals surface area contributed by atoms with Crippen molar-refractivity contribution in [2.75, 3.05) is 18.5 Å². The summed E-state index contributed by atoms with van der Waals surface area (Å²) in [5, 5.41) is 12.5. The van der Waals surface area contributed by atoms with E-state index in [9.17, 15) is 9.90 Å². The Bertz CT molecular complexity index is 428. The minimum atomic E-state index is -0.430. The molecule has 1 aliphatic heterocycles. The molecule has 1 aliphatic rings. The molecule has 0 atom stereocenters. The fourth-order valence-corrected chi connectivity index (χ4v) is 1.72. The van der Waals surface area contributed by atoms with Crippen LogP contribution in [0.5, 0.6) is 5.75 Å². The first-order valence-corrected chi connectivity index (χ1v) is 7.06. The van der Waals surface area contributed by atoms with Crippen molar-refractivity contribution < 1.29 is 19.4 Å². The van der Waals surface area contributed by atoms with Crippen molar-refractivity contribution in [3.63, 3.8) is 0 Å². The molecular formula is C15H23NO4. The number of rotatable bonds is 3. The molecule has 1 aromatic carbocycles. The molecule has 0 radical (unpaired) electrons. The van der Waals surface area contributed by atoms with E-state index in [1.54, 1.807) is 25.1 Å². The number of aromatic hydroxyl groups is 1. The number of anilines is 1. The highest BCUT2D eigenvalue weighted by Gasteiger charge is 2.18. The van der Waals surface area contributed by atoms with Crippen molar-refractivity contribution in [1.29, 1.82) is 0 Å². The van der Waals surface area contributed by atoms with Gasteiger partial charge in [-0.15, -0.1) is 0 Å². The van der Waals surface area contributed by atoms with Gasteiger partial charge in [0.15, 0.2) is 6.29 Å². The third-order valence-electron chi connectivity index (χ3n) is 2.72. The van der Waals surface area contributed by atoms with Crippen molar-refractivity contribution in [2.45, 2.75) is 39.9 Å². The molecule has 0 aromatic heterocycles. The SMILES string of the molecule is CC.CCC(=O)Nc1ccc(C2OCCCO2)cc1O. The predicted molar refractivity (Wildman–Crippen MR) is 77.6 cm³/mol. The summed E-state index contributed by atoms with van der Waals surface area (Å²) < 4.78 is 10.9. The Labute approximate surface area is 119 Å². The number of amides is 1. The van der Waals surface area contributed by atoms with Gasteiger partial charge in [-0.25, -0.2) is 0 Å². The Hall–Kier alpha value is -1.59. The van der Waals surface area contributed by atoms with Crippen molar-refractivity contribution >= 4 is 11.6 Å². The number of hydrogen-bond donors (Lipinski definition) is 2. The van der Waals surface area contributed by atoms with Crippen LogP contribution in [0.25, 0.3) is 0 Å². The van der Waals surface area contributed by atoms with Gasteiger partial charge in [0.05, 0.1) is 18.9 Å². The summed E-state index contributed by atoms with van der Waals surface area (Å²) in [7, 11) is 0. The molecule has 1 saturated heterocycles. The van der Waals surface area contributed by atoms with Crippen LogP contribution in [-0.4, -0.2) is 24.2 Å². The topological polar surface area (TPSA) is 67.8 Å². The van der Waals surface area contributed by atoms with Gasteiger partial charge >= 0.3 is 0 Å². The van der Waals surface area contributed by atoms with E-state index in [0.29, 0.717) is 25.3 Å². The summed E-state index contributed by atoms with van der Waals surface area (Å²) in [6.45, 7) is 7.06. The van der Waals surface area contributed by atoms with E-state index in [1.165, 1.54) is 0 Å². The van der Waals surface area contributed by atoms with Crippen LogP contribution in [-0.2, 0) is 14.3 Å². The van der Waals surface area contributed by atoms with Gasteiger partial charge in [-0.2, -0.15) is 0 Å². The number of carbonyl (C=O) groups excluding carboxylic acids is 1. The van der Waals surface area contributed by atoms with Crippen LogP contribution < -0.4 is 5.32 Å². The van der Waals surface area contributed by atoms with E-state index in [1.807, 2.05) is 13.8 Å². The lowest BCUT2D eigenvalue weighted by Crippen LogP contribution is -2.17. The minimum absolute atomic E-state index is 0.0204. The second-order valence-corrected chi connectivity index (χ2v) is 4.11. The highest BCUT2D eigenvalue weighted by atomic mass is 16.7.